The maximum absolute atomic E-state index is 12.5. The molecule has 1 aliphatic heterocycles. The average molecular weight is 472 g/mol. The van der Waals surface area contributed by atoms with Gasteiger partial charge in [0.05, 0.1) is 0 Å². The lowest BCUT2D eigenvalue weighted by Gasteiger charge is -2.24. The lowest BCUT2D eigenvalue weighted by atomic mass is 9.96. The minimum Gasteiger partial charge on any atom is -0.462 e. The van der Waals surface area contributed by atoms with Crippen molar-refractivity contribution in [3.63, 3.8) is 0 Å². The molecule has 1 fully saturated rings. The van der Waals surface area contributed by atoms with Crippen molar-refractivity contribution in [1.82, 2.24) is 0 Å². The summed E-state index contributed by atoms with van der Waals surface area (Å²) in [6, 6.07) is 10.3. The van der Waals surface area contributed by atoms with Gasteiger partial charge in [0, 0.05) is 11.3 Å². The van der Waals surface area contributed by atoms with Crippen molar-refractivity contribution in [3.8, 4) is 0 Å². The molecular weight excluding hydrogens is 443 g/mol. The van der Waals surface area contributed by atoms with Crippen LogP contribution in [0.1, 0.15) is 64.7 Å². The van der Waals surface area contributed by atoms with Crippen molar-refractivity contribution < 1.29 is 9.53 Å². The second-order valence-corrected chi connectivity index (χ2v) is 9.03. The minimum absolute atomic E-state index is 0.0144. The molecule has 0 amide bonds. The van der Waals surface area contributed by atoms with Crippen LogP contribution in [0.25, 0.3) is 0 Å². The van der Waals surface area contributed by atoms with Gasteiger partial charge in [-0.1, -0.05) is 79.0 Å². The Morgan fingerprint density at radius 1 is 1.16 bits per heavy atom. The molecule has 4 heteroatoms. The van der Waals surface area contributed by atoms with Crippen molar-refractivity contribution in [2.45, 2.75) is 80.5 Å². The first-order valence-corrected chi connectivity index (χ1v) is 11.4. The van der Waals surface area contributed by atoms with Crippen molar-refractivity contribution in [3.05, 3.63) is 40.5 Å². The molecule has 1 saturated heterocycles. The first-order valence-electron chi connectivity index (χ1n) is 9.37. The highest BCUT2D eigenvalue weighted by atomic mass is 127. The molecule has 0 radical (unpaired) electrons. The summed E-state index contributed by atoms with van der Waals surface area (Å²) in [7, 11) is 0. The number of esters is 1. The Morgan fingerprint density at radius 3 is 2.48 bits per heavy atom. The number of benzene rings is 1. The van der Waals surface area contributed by atoms with E-state index < -0.39 is 0 Å². The number of cyclic esters (lactones) is 1. The normalized spacial score (nSPS) is 23.3. The van der Waals surface area contributed by atoms with Crippen LogP contribution < -0.4 is 0 Å². The van der Waals surface area contributed by atoms with Crippen LogP contribution in [0.5, 0.6) is 0 Å². The number of unbranched alkanes of at least 4 members (excludes halogenated alkanes) is 6. The highest BCUT2D eigenvalue weighted by Crippen LogP contribution is 2.45. The lowest BCUT2D eigenvalue weighted by Crippen LogP contribution is -2.30. The molecule has 0 bridgehead atoms. The van der Waals surface area contributed by atoms with Crippen LogP contribution in [-0.4, -0.2) is 16.8 Å². The third-order valence-electron chi connectivity index (χ3n) is 4.64. The topological polar surface area (TPSA) is 26.3 Å². The minimum atomic E-state index is -0.383. The lowest BCUT2D eigenvalue weighted by molar-refractivity contribution is -0.142. The Balaban J connectivity index is 1.77. The number of carbonyl (C=O) groups excluding carboxylic acids is 1. The predicted octanol–water partition coefficient (Wildman–Crippen LogP) is 6.92. The third-order valence-corrected chi connectivity index (χ3v) is 6.59. The van der Waals surface area contributed by atoms with Gasteiger partial charge in [-0.15, -0.1) is 11.8 Å². The first-order chi connectivity index (χ1) is 12.2. The molecule has 0 N–H and O–H groups in total. The largest absolute Gasteiger partial charge is 0.462 e. The Kier molecular flexibility index (Phi) is 9.39. The Hall–Kier alpha value is -0.490. The van der Waals surface area contributed by atoms with E-state index in [1.54, 1.807) is 11.8 Å². The zero-order chi connectivity index (χ0) is 18.0. The Bertz CT molecular complexity index is 546. The van der Waals surface area contributed by atoms with Gasteiger partial charge in [0.15, 0.2) is 0 Å². The molecule has 0 aromatic heterocycles. The molecule has 1 unspecified atom stereocenters. The number of carbonyl (C=O) groups is 1. The SMILES string of the molecule is C[C@H]1CC(CCCCCCCC/C=C/I)(Sc2ccccc2)C(=O)O1. The van der Waals surface area contributed by atoms with Crippen LogP contribution >= 0.6 is 34.4 Å². The monoisotopic (exact) mass is 472 g/mol. The van der Waals surface area contributed by atoms with Gasteiger partial charge in [-0.2, -0.15) is 0 Å². The summed E-state index contributed by atoms with van der Waals surface area (Å²) in [5, 5.41) is 0. The quantitative estimate of drug-likeness (QED) is 0.199. The van der Waals surface area contributed by atoms with Gasteiger partial charge in [-0.3, -0.25) is 4.79 Å². The van der Waals surface area contributed by atoms with Gasteiger partial charge in [0.1, 0.15) is 10.9 Å². The zero-order valence-corrected chi connectivity index (χ0v) is 18.1. The Morgan fingerprint density at radius 2 is 1.84 bits per heavy atom. The number of ether oxygens (including phenoxy) is 1. The van der Waals surface area contributed by atoms with Crippen molar-refractivity contribution in [2.75, 3.05) is 0 Å². The van der Waals surface area contributed by atoms with Crippen molar-refractivity contribution >= 4 is 40.3 Å². The fourth-order valence-corrected chi connectivity index (χ4v) is 5.17. The molecule has 138 valence electrons. The van der Waals surface area contributed by atoms with E-state index in [0.717, 1.165) is 24.2 Å². The molecule has 1 aromatic rings. The van der Waals surface area contributed by atoms with Crippen LogP contribution in [0.15, 0.2) is 45.4 Å². The third kappa shape index (κ3) is 6.97. The molecule has 2 rings (SSSR count). The van der Waals surface area contributed by atoms with Gasteiger partial charge in [0.25, 0.3) is 0 Å². The second kappa shape index (κ2) is 11.3. The maximum atomic E-state index is 12.5. The summed E-state index contributed by atoms with van der Waals surface area (Å²) in [4.78, 5) is 13.7. The molecular formula is C21H29IO2S. The van der Waals surface area contributed by atoms with Gasteiger partial charge in [0.2, 0.25) is 0 Å². The summed E-state index contributed by atoms with van der Waals surface area (Å²) in [5.74, 6) is -0.0144. The van der Waals surface area contributed by atoms with E-state index in [4.69, 9.17) is 4.74 Å². The van der Waals surface area contributed by atoms with E-state index >= 15 is 0 Å². The van der Waals surface area contributed by atoms with E-state index in [-0.39, 0.29) is 16.8 Å². The zero-order valence-electron chi connectivity index (χ0n) is 15.1. The molecule has 25 heavy (non-hydrogen) atoms. The summed E-state index contributed by atoms with van der Waals surface area (Å²) in [6.07, 6.45) is 12.7. The van der Waals surface area contributed by atoms with Crippen molar-refractivity contribution in [2.24, 2.45) is 0 Å². The molecule has 1 aromatic carbocycles. The fraction of sp³-hybridized carbons (Fsp3) is 0.571. The van der Waals surface area contributed by atoms with Crippen LogP contribution in [0.3, 0.4) is 0 Å². The van der Waals surface area contributed by atoms with Crippen LogP contribution in [-0.2, 0) is 9.53 Å². The average Bonchev–Trinajstić information content (AvgIpc) is 2.88. The summed E-state index contributed by atoms with van der Waals surface area (Å²) < 4.78 is 7.23. The number of allylic oxidation sites excluding steroid dienone is 1. The summed E-state index contributed by atoms with van der Waals surface area (Å²) in [5.41, 5.74) is 0. The smallest absolute Gasteiger partial charge is 0.322 e. The van der Waals surface area contributed by atoms with Gasteiger partial charge < -0.3 is 4.74 Å². The standard InChI is InChI=1S/C21H29IO2S/c1-18-17-21(20(23)24-18,25-19-13-9-8-10-14-19)15-11-6-4-2-3-5-7-12-16-22/h8-10,12-14,16,18H,2-7,11,15,17H2,1H3/b16-12+/t18-,21?/m0/s1. The number of rotatable bonds is 11. The number of thioether (sulfide) groups is 1. The highest BCUT2D eigenvalue weighted by Gasteiger charge is 2.48. The van der Waals surface area contributed by atoms with E-state index in [2.05, 4.69) is 44.9 Å². The molecule has 1 heterocycles. The Labute approximate surface area is 170 Å². The molecule has 2 nitrogen and oxygen atoms in total. The molecule has 0 aliphatic carbocycles. The summed E-state index contributed by atoms with van der Waals surface area (Å²) in [6.45, 7) is 2.01. The first kappa shape index (κ1) is 20.8. The number of halogens is 1. The predicted molar refractivity (Wildman–Crippen MR) is 115 cm³/mol. The molecule has 1 aliphatic rings. The fourth-order valence-electron chi connectivity index (χ4n) is 3.37. The van der Waals surface area contributed by atoms with Crippen LogP contribution in [0, 0.1) is 0 Å². The van der Waals surface area contributed by atoms with E-state index in [1.165, 1.54) is 38.5 Å². The number of hydrogen-bond acceptors (Lipinski definition) is 3. The highest BCUT2D eigenvalue weighted by molar-refractivity contribution is 14.1. The van der Waals surface area contributed by atoms with E-state index in [9.17, 15) is 4.79 Å². The molecule has 0 spiro atoms. The van der Waals surface area contributed by atoms with Gasteiger partial charge >= 0.3 is 5.97 Å². The summed E-state index contributed by atoms with van der Waals surface area (Å²) >= 11 is 3.98. The van der Waals surface area contributed by atoms with Gasteiger partial charge in [-0.25, -0.2) is 0 Å². The second-order valence-electron chi connectivity index (χ2n) is 6.85. The number of hydrogen-bond donors (Lipinski definition) is 0. The van der Waals surface area contributed by atoms with E-state index in [0.29, 0.717) is 0 Å². The van der Waals surface area contributed by atoms with Crippen LogP contribution in [0.2, 0.25) is 0 Å². The molecule has 0 saturated carbocycles. The van der Waals surface area contributed by atoms with E-state index in [1.807, 2.05) is 25.1 Å². The van der Waals surface area contributed by atoms with Crippen molar-refractivity contribution in [1.29, 1.82) is 0 Å². The maximum Gasteiger partial charge on any atom is 0.322 e. The van der Waals surface area contributed by atoms with Crippen LogP contribution in [0.4, 0.5) is 0 Å². The molecule has 2 atom stereocenters. The van der Waals surface area contributed by atoms with Gasteiger partial charge in [-0.05, 0) is 42.4 Å².